The van der Waals surface area contributed by atoms with Gasteiger partial charge in [-0.3, -0.25) is 4.79 Å². The predicted octanol–water partition coefficient (Wildman–Crippen LogP) is 2.40. The van der Waals surface area contributed by atoms with Gasteiger partial charge in [0, 0.05) is 12.6 Å². The Hall–Kier alpha value is -3.37. The molecule has 0 spiro atoms. The van der Waals surface area contributed by atoms with Crippen LogP contribution in [0.3, 0.4) is 0 Å². The molecule has 2 atom stereocenters. The fourth-order valence-corrected chi connectivity index (χ4v) is 2.97. The average Bonchev–Trinajstić information content (AvgIpc) is 3.14. The number of rotatable bonds is 7. The van der Waals surface area contributed by atoms with E-state index < -0.39 is 12.0 Å². The third kappa shape index (κ3) is 4.25. The zero-order chi connectivity index (χ0) is 19.4. The molecule has 0 aliphatic heterocycles. The average molecular weight is 364 g/mol. The molecule has 27 heavy (non-hydrogen) atoms. The number of benzene rings is 2. The van der Waals surface area contributed by atoms with Crippen molar-refractivity contribution in [3.63, 3.8) is 0 Å². The first-order valence-electron chi connectivity index (χ1n) is 8.56. The van der Waals surface area contributed by atoms with Crippen LogP contribution < -0.4 is 10.5 Å². The summed E-state index contributed by atoms with van der Waals surface area (Å²) < 4.78 is 7.50. The maximum absolute atomic E-state index is 11.2. The fraction of sp³-hybridized carbons (Fsp3) is 0.250. The molecule has 0 fully saturated rings. The molecule has 0 bridgehead atoms. The van der Waals surface area contributed by atoms with Crippen LogP contribution in [0.1, 0.15) is 35.4 Å². The van der Waals surface area contributed by atoms with Gasteiger partial charge < -0.3 is 20.1 Å². The second-order valence-corrected chi connectivity index (χ2v) is 6.35. The molecule has 1 heterocycles. The van der Waals surface area contributed by atoms with Gasteiger partial charge >= 0.3 is 0 Å². The lowest BCUT2D eigenvalue weighted by Crippen LogP contribution is -2.23. The number of hydrogen-bond acceptors (Lipinski definition) is 5. The maximum Gasteiger partial charge on any atom is 0.268 e. The largest absolute Gasteiger partial charge is 0.493 e. The van der Waals surface area contributed by atoms with Crippen LogP contribution in [0.4, 0.5) is 0 Å². The van der Waals surface area contributed by atoms with E-state index in [0.717, 1.165) is 10.8 Å². The van der Waals surface area contributed by atoms with Crippen LogP contribution >= 0.6 is 0 Å². The number of nitriles is 1. The molecule has 1 aromatic heterocycles. The Bertz CT molecular complexity index is 1000. The molecule has 1 amide bonds. The molecule has 3 N–H and O–H groups in total. The number of fused-ring (bicyclic) bond motifs is 1. The first-order valence-corrected chi connectivity index (χ1v) is 8.56. The van der Waals surface area contributed by atoms with Crippen LogP contribution in [0, 0.1) is 11.3 Å². The molecule has 7 heteroatoms. The summed E-state index contributed by atoms with van der Waals surface area (Å²) in [6.07, 6.45) is 2.87. The smallest absolute Gasteiger partial charge is 0.268 e. The van der Waals surface area contributed by atoms with Crippen molar-refractivity contribution >= 4 is 16.7 Å². The van der Waals surface area contributed by atoms with Crippen molar-refractivity contribution in [1.82, 2.24) is 9.55 Å². The van der Waals surface area contributed by atoms with E-state index in [1.54, 1.807) is 17.6 Å². The SMILES string of the molecule is C[C@H](O)[C@@H](CCOc1ccc2ccc(C#N)cc2c1)n1cnc(C(N)=O)c1. The minimum absolute atomic E-state index is 0.157. The van der Waals surface area contributed by atoms with Gasteiger partial charge in [0.25, 0.3) is 5.91 Å². The lowest BCUT2D eigenvalue weighted by atomic mass is 10.1. The van der Waals surface area contributed by atoms with Crippen molar-refractivity contribution in [1.29, 1.82) is 5.26 Å². The van der Waals surface area contributed by atoms with Gasteiger partial charge in [0.2, 0.25) is 0 Å². The number of imidazole rings is 1. The fourth-order valence-electron chi connectivity index (χ4n) is 2.97. The highest BCUT2D eigenvalue weighted by atomic mass is 16.5. The Morgan fingerprint density at radius 3 is 2.78 bits per heavy atom. The molecule has 0 unspecified atom stereocenters. The summed E-state index contributed by atoms with van der Waals surface area (Å²) in [6.45, 7) is 2.04. The molecule has 138 valence electrons. The third-order valence-electron chi connectivity index (χ3n) is 4.42. The Kier molecular flexibility index (Phi) is 5.38. The Balaban J connectivity index is 1.68. The minimum atomic E-state index is -0.654. The van der Waals surface area contributed by atoms with Gasteiger partial charge in [-0.2, -0.15) is 5.26 Å². The van der Waals surface area contributed by atoms with Crippen molar-refractivity contribution in [2.45, 2.75) is 25.5 Å². The van der Waals surface area contributed by atoms with Crippen molar-refractivity contribution in [2.24, 2.45) is 5.73 Å². The van der Waals surface area contributed by atoms with E-state index in [1.165, 1.54) is 12.5 Å². The molecule has 2 aromatic carbocycles. The topological polar surface area (TPSA) is 114 Å². The molecular weight excluding hydrogens is 344 g/mol. The summed E-state index contributed by atoms with van der Waals surface area (Å²) in [5.74, 6) is 0.0765. The number of ether oxygens (including phenoxy) is 1. The Morgan fingerprint density at radius 1 is 1.33 bits per heavy atom. The van der Waals surface area contributed by atoms with Gasteiger partial charge in [0.05, 0.1) is 36.7 Å². The zero-order valence-electron chi connectivity index (χ0n) is 14.9. The minimum Gasteiger partial charge on any atom is -0.493 e. The number of nitrogens with zero attached hydrogens (tertiary/aromatic N) is 3. The summed E-state index contributed by atoms with van der Waals surface area (Å²) >= 11 is 0. The molecule has 0 saturated heterocycles. The van der Waals surface area contributed by atoms with Crippen LogP contribution in [0.15, 0.2) is 48.9 Å². The maximum atomic E-state index is 11.2. The summed E-state index contributed by atoms with van der Waals surface area (Å²) in [4.78, 5) is 15.1. The lowest BCUT2D eigenvalue weighted by Gasteiger charge is -2.21. The number of primary amides is 1. The van der Waals surface area contributed by atoms with Gasteiger partial charge in [-0.05, 0) is 42.0 Å². The van der Waals surface area contributed by atoms with E-state index in [1.807, 2.05) is 30.3 Å². The van der Waals surface area contributed by atoms with Gasteiger partial charge in [-0.1, -0.05) is 12.1 Å². The second-order valence-electron chi connectivity index (χ2n) is 6.35. The van der Waals surface area contributed by atoms with Crippen LogP contribution in [0.2, 0.25) is 0 Å². The van der Waals surface area contributed by atoms with E-state index in [9.17, 15) is 9.90 Å². The van der Waals surface area contributed by atoms with Crippen LogP contribution in [-0.4, -0.2) is 33.3 Å². The summed E-state index contributed by atoms with van der Waals surface area (Å²) in [6, 6.07) is 13.0. The lowest BCUT2D eigenvalue weighted by molar-refractivity contribution is 0.0993. The first kappa shape index (κ1) is 18.4. The molecular formula is C20H20N4O3. The monoisotopic (exact) mass is 364 g/mol. The van der Waals surface area contributed by atoms with Crippen molar-refractivity contribution in [2.75, 3.05) is 6.61 Å². The predicted molar refractivity (Wildman–Crippen MR) is 100 cm³/mol. The van der Waals surface area contributed by atoms with Gasteiger partial charge in [0.1, 0.15) is 11.4 Å². The molecule has 3 rings (SSSR count). The second kappa shape index (κ2) is 7.89. The van der Waals surface area contributed by atoms with Crippen molar-refractivity contribution in [3.05, 3.63) is 60.2 Å². The summed E-state index contributed by atoms with van der Waals surface area (Å²) in [5.41, 5.74) is 5.98. The highest BCUT2D eigenvalue weighted by Gasteiger charge is 2.18. The highest BCUT2D eigenvalue weighted by Crippen LogP contribution is 2.23. The Labute approximate surface area is 156 Å². The molecule has 0 saturated carbocycles. The van der Waals surface area contributed by atoms with Gasteiger partial charge in [0.15, 0.2) is 0 Å². The van der Waals surface area contributed by atoms with Crippen molar-refractivity contribution in [3.8, 4) is 11.8 Å². The molecule has 0 radical (unpaired) electrons. The number of carbonyl (C=O) groups is 1. The molecule has 3 aromatic rings. The number of amides is 1. The molecule has 0 aliphatic carbocycles. The Morgan fingerprint density at radius 2 is 2.11 bits per heavy atom. The van der Waals surface area contributed by atoms with E-state index in [0.29, 0.717) is 24.3 Å². The van der Waals surface area contributed by atoms with E-state index in [2.05, 4.69) is 11.1 Å². The van der Waals surface area contributed by atoms with Crippen LogP contribution in [0.5, 0.6) is 5.75 Å². The van der Waals surface area contributed by atoms with E-state index >= 15 is 0 Å². The van der Waals surface area contributed by atoms with Crippen LogP contribution in [-0.2, 0) is 0 Å². The number of hydrogen-bond donors (Lipinski definition) is 2. The molecule has 0 aliphatic rings. The van der Waals surface area contributed by atoms with Crippen LogP contribution in [0.25, 0.3) is 10.8 Å². The number of aliphatic hydroxyl groups is 1. The summed E-state index contributed by atoms with van der Waals surface area (Å²) in [7, 11) is 0. The molecule has 7 nitrogen and oxygen atoms in total. The summed E-state index contributed by atoms with van der Waals surface area (Å²) in [5, 5.41) is 21.0. The van der Waals surface area contributed by atoms with Gasteiger partial charge in [-0.15, -0.1) is 0 Å². The number of aliphatic hydroxyl groups excluding tert-OH is 1. The van der Waals surface area contributed by atoms with E-state index in [-0.39, 0.29) is 11.7 Å². The van der Waals surface area contributed by atoms with Crippen molar-refractivity contribution < 1.29 is 14.6 Å². The van der Waals surface area contributed by atoms with E-state index in [4.69, 9.17) is 15.7 Å². The first-order chi connectivity index (χ1) is 13.0. The third-order valence-corrected chi connectivity index (χ3v) is 4.42. The highest BCUT2D eigenvalue weighted by molar-refractivity contribution is 5.90. The quantitative estimate of drug-likeness (QED) is 0.668. The number of carbonyl (C=O) groups excluding carboxylic acids is 1. The number of aromatic nitrogens is 2. The zero-order valence-corrected chi connectivity index (χ0v) is 14.9. The number of nitrogens with two attached hydrogens (primary N) is 1. The normalized spacial score (nSPS) is 13.1. The standard InChI is InChI=1S/C20H20N4O3/c1-13(25)19(24-11-18(20(22)26)23-12-24)6-7-27-17-5-4-15-3-2-14(10-21)8-16(15)9-17/h2-5,8-9,11-13,19,25H,6-7H2,1H3,(H2,22,26)/t13-,19+/m0/s1. The van der Waals surface area contributed by atoms with Gasteiger partial charge in [-0.25, -0.2) is 4.98 Å².